The number of rotatable bonds is 10. The first kappa shape index (κ1) is 27.2. The number of nitrogens with zero attached hydrogens (tertiary/aromatic N) is 1. The fourth-order valence-corrected chi connectivity index (χ4v) is 5.97. The van der Waals surface area contributed by atoms with Crippen LogP contribution in [0.5, 0.6) is 5.75 Å². The van der Waals surface area contributed by atoms with E-state index in [0.717, 1.165) is 4.57 Å². The minimum absolute atomic E-state index is 0.116. The quantitative estimate of drug-likeness (QED) is 0.300. The largest absolute Gasteiger partial charge is 0.462 e. The van der Waals surface area contributed by atoms with E-state index in [1.165, 1.54) is 6.92 Å². The van der Waals surface area contributed by atoms with Gasteiger partial charge in [0.2, 0.25) is 5.82 Å². The number of carbonyl (C=O) groups is 1. The molecule has 37 heavy (non-hydrogen) atoms. The van der Waals surface area contributed by atoms with Crippen molar-refractivity contribution in [3.8, 4) is 5.75 Å². The summed E-state index contributed by atoms with van der Waals surface area (Å²) in [6.07, 6.45) is -2.52. The van der Waals surface area contributed by atoms with Crippen LogP contribution in [-0.4, -0.2) is 50.6 Å². The molecule has 2 aromatic rings. The first-order chi connectivity index (χ1) is 17.4. The molecule has 4 rings (SSSR count). The van der Waals surface area contributed by atoms with E-state index in [4.69, 9.17) is 18.5 Å². The molecule has 1 unspecified atom stereocenters. The van der Waals surface area contributed by atoms with Crippen molar-refractivity contribution >= 4 is 13.7 Å². The summed E-state index contributed by atoms with van der Waals surface area (Å²) in [4.78, 5) is 37.8. The molecule has 5 atom stereocenters. The number of para-hydroxylation sites is 1. The van der Waals surface area contributed by atoms with Crippen LogP contribution < -0.4 is 20.9 Å². The van der Waals surface area contributed by atoms with Crippen LogP contribution in [0.1, 0.15) is 46.3 Å². The number of aromatic nitrogens is 2. The van der Waals surface area contributed by atoms with Crippen molar-refractivity contribution in [1.29, 1.82) is 0 Å². The minimum Gasteiger partial charge on any atom is -0.462 e. The molecule has 12 nitrogen and oxygen atoms in total. The SMILES string of the molecule is CC(C)OC(=O)[C@H](C)N[P@](=O)(Oc1ccccc1)OC1([C@H]2O[C@@H](n3cc(F)c(=O)[nH]c3=O)CC2O)CC1. The molecule has 1 aliphatic heterocycles. The predicted octanol–water partition coefficient (Wildman–Crippen LogP) is 1.99. The maximum absolute atomic E-state index is 13.9. The second-order valence-corrected chi connectivity index (χ2v) is 11.0. The van der Waals surface area contributed by atoms with E-state index >= 15 is 0 Å². The lowest BCUT2D eigenvalue weighted by Gasteiger charge is -2.31. The number of hydrogen-bond acceptors (Lipinski definition) is 9. The molecule has 14 heteroatoms. The van der Waals surface area contributed by atoms with Crippen molar-refractivity contribution in [2.75, 3.05) is 0 Å². The summed E-state index contributed by atoms with van der Waals surface area (Å²) in [6.45, 7) is 4.80. The Morgan fingerprint density at radius 1 is 1.27 bits per heavy atom. The summed E-state index contributed by atoms with van der Waals surface area (Å²) in [5, 5.41) is 13.4. The summed E-state index contributed by atoms with van der Waals surface area (Å²) in [5.74, 6) is -1.65. The van der Waals surface area contributed by atoms with E-state index in [1.807, 2.05) is 4.98 Å². The lowest BCUT2D eigenvalue weighted by atomic mass is 10.1. The number of aromatic amines is 1. The Bertz CT molecular complexity index is 1290. The number of halogens is 1. The van der Waals surface area contributed by atoms with Gasteiger partial charge in [-0.2, -0.15) is 9.48 Å². The first-order valence-electron chi connectivity index (χ1n) is 11.8. The van der Waals surface area contributed by atoms with Crippen LogP contribution in [0.25, 0.3) is 0 Å². The maximum atomic E-state index is 13.9. The van der Waals surface area contributed by atoms with Crippen LogP contribution in [0.2, 0.25) is 0 Å². The molecule has 2 fully saturated rings. The van der Waals surface area contributed by atoms with Crippen molar-refractivity contribution in [1.82, 2.24) is 14.6 Å². The molecule has 1 aliphatic carbocycles. The Morgan fingerprint density at radius 3 is 2.57 bits per heavy atom. The highest BCUT2D eigenvalue weighted by molar-refractivity contribution is 7.52. The van der Waals surface area contributed by atoms with Gasteiger partial charge in [-0.25, -0.2) is 9.36 Å². The topological polar surface area (TPSA) is 158 Å². The molecule has 3 N–H and O–H groups in total. The number of H-pyrrole nitrogens is 1. The lowest BCUT2D eigenvalue weighted by molar-refractivity contribution is -0.149. The Labute approximate surface area is 211 Å². The third-order valence-corrected chi connectivity index (χ3v) is 7.68. The second kappa shape index (κ2) is 10.5. The van der Waals surface area contributed by atoms with Crippen LogP contribution in [-0.2, 0) is 23.4 Å². The Morgan fingerprint density at radius 2 is 1.95 bits per heavy atom. The number of aliphatic hydroxyl groups is 1. The van der Waals surface area contributed by atoms with Crippen LogP contribution in [0.4, 0.5) is 4.39 Å². The van der Waals surface area contributed by atoms with E-state index in [9.17, 15) is 28.4 Å². The number of benzene rings is 1. The molecule has 0 bridgehead atoms. The summed E-state index contributed by atoms with van der Waals surface area (Å²) in [5.41, 5.74) is -3.36. The summed E-state index contributed by atoms with van der Waals surface area (Å²) >= 11 is 0. The van der Waals surface area contributed by atoms with Crippen LogP contribution >= 0.6 is 7.75 Å². The van der Waals surface area contributed by atoms with Gasteiger partial charge in [0.1, 0.15) is 29.7 Å². The lowest BCUT2D eigenvalue weighted by Crippen LogP contribution is -2.42. The molecule has 1 aromatic carbocycles. The number of ether oxygens (including phenoxy) is 2. The van der Waals surface area contributed by atoms with Crippen molar-refractivity contribution in [2.24, 2.45) is 0 Å². The van der Waals surface area contributed by atoms with Crippen molar-refractivity contribution in [3.05, 3.63) is 63.2 Å². The van der Waals surface area contributed by atoms with Gasteiger partial charge in [0.05, 0.1) is 18.4 Å². The van der Waals surface area contributed by atoms with Gasteiger partial charge in [-0.1, -0.05) is 18.2 Å². The highest BCUT2D eigenvalue weighted by Crippen LogP contribution is 2.59. The second-order valence-electron chi connectivity index (χ2n) is 9.35. The Kier molecular flexibility index (Phi) is 7.72. The first-order valence-corrected chi connectivity index (χ1v) is 13.3. The Balaban J connectivity index is 1.57. The molecular formula is C23H29FN3O9P. The molecule has 1 saturated carbocycles. The average molecular weight is 541 g/mol. The normalized spacial score (nSPS) is 24.9. The molecule has 0 amide bonds. The van der Waals surface area contributed by atoms with E-state index in [1.54, 1.807) is 44.2 Å². The number of carbonyl (C=O) groups excluding carboxylic acids is 1. The average Bonchev–Trinajstić information content (AvgIpc) is 3.47. The van der Waals surface area contributed by atoms with Gasteiger partial charge >= 0.3 is 19.4 Å². The zero-order chi connectivity index (χ0) is 27.0. The van der Waals surface area contributed by atoms with Gasteiger partial charge in [-0.15, -0.1) is 0 Å². The van der Waals surface area contributed by atoms with E-state index in [0.29, 0.717) is 19.0 Å². The van der Waals surface area contributed by atoms with Crippen LogP contribution in [0.3, 0.4) is 0 Å². The molecule has 2 aliphatic rings. The summed E-state index contributed by atoms with van der Waals surface area (Å²) in [6, 6.07) is 7.11. The van der Waals surface area contributed by atoms with Gasteiger partial charge < -0.3 is 19.1 Å². The third-order valence-electron chi connectivity index (χ3n) is 5.92. The van der Waals surface area contributed by atoms with Gasteiger partial charge in [-0.3, -0.25) is 23.7 Å². The smallest absolute Gasteiger partial charge is 0.460 e. The van der Waals surface area contributed by atoms with E-state index in [-0.39, 0.29) is 12.2 Å². The molecule has 0 radical (unpaired) electrons. The molecular weight excluding hydrogens is 512 g/mol. The van der Waals surface area contributed by atoms with Gasteiger partial charge in [0.15, 0.2) is 0 Å². The molecule has 1 saturated heterocycles. The van der Waals surface area contributed by atoms with Crippen LogP contribution in [0, 0.1) is 5.82 Å². The number of aliphatic hydroxyl groups excluding tert-OH is 1. The fourth-order valence-electron chi connectivity index (χ4n) is 4.08. The summed E-state index contributed by atoms with van der Waals surface area (Å²) in [7, 11) is -4.27. The van der Waals surface area contributed by atoms with Gasteiger partial charge in [-0.05, 0) is 45.7 Å². The van der Waals surface area contributed by atoms with Crippen LogP contribution in [0.15, 0.2) is 46.1 Å². The number of esters is 1. The van der Waals surface area contributed by atoms with Gasteiger partial charge in [0, 0.05) is 6.42 Å². The molecule has 202 valence electrons. The highest BCUT2D eigenvalue weighted by atomic mass is 31.2. The molecule has 1 aromatic heterocycles. The van der Waals surface area contributed by atoms with E-state index in [2.05, 4.69) is 5.09 Å². The van der Waals surface area contributed by atoms with Crippen molar-refractivity contribution < 1.29 is 37.4 Å². The monoisotopic (exact) mass is 541 g/mol. The number of nitrogens with one attached hydrogen (secondary N) is 2. The van der Waals surface area contributed by atoms with E-state index < -0.39 is 67.0 Å². The molecule has 2 heterocycles. The van der Waals surface area contributed by atoms with Gasteiger partial charge in [0.25, 0.3) is 5.56 Å². The highest BCUT2D eigenvalue weighted by Gasteiger charge is 2.61. The Hall–Kier alpha value is -2.83. The molecule has 0 spiro atoms. The fraction of sp³-hybridized carbons (Fsp3) is 0.522. The number of hydrogen-bond donors (Lipinski definition) is 3. The predicted molar refractivity (Wildman–Crippen MR) is 127 cm³/mol. The van der Waals surface area contributed by atoms with Crippen molar-refractivity contribution in [3.63, 3.8) is 0 Å². The zero-order valence-electron chi connectivity index (χ0n) is 20.5. The van der Waals surface area contributed by atoms with Crippen molar-refractivity contribution in [2.45, 2.75) is 76.2 Å². The standard InChI is InChI=1S/C23H29FN3O9P/c1-13(2)33-21(30)14(3)26-37(32,35-15-7-5-4-6-8-15)36-23(9-10-23)19-17(28)11-18(34-19)27-12-16(24)20(29)25-22(27)31/h4-8,12-14,17-19,28H,9-11H2,1-3H3,(H,26,32)(H,25,29,31)/t14-,17?,18+,19-,37-/m0/s1. The minimum atomic E-state index is -4.27. The maximum Gasteiger partial charge on any atom is 0.460 e. The third kappa shape index (κ3) is 6.19. The summed E-state index contributed by atoms with van der Waals surface area (Å²) < 4.78 is 51.3. The zero-order valence-corrected chi connectivity index (χ0v) is 21.4.